The molecule has 0 saturated carbocycles. The van der Waals surface area contributed by atoms with Crippen LogP contribution in [0.3, 0.4) is 0 Å². The van der Waals surface area contributed by atoms with Gasteiger partial charge in [0.25, 0.3) is 0 Å². The molecule has 0 bridgehead atoms. The summed E-state index contributed by atoms with van der Waals surface area (Å²) in [7, 11) is 1.64. The zero-order chi connectivity index (χ0) is 17.9. The number of hydrogen-bond donors (Lipinski definition) is 1. The third-order valence-electron chi connectivity index (χ3n) is 4.23. The molecule has 2 N–H and O–H groups in total. The molecular weight excluding hydrogens is 344 g/mol. The van der Waals surface area contributed by atoms with Crippen molar-refractivity contribution in [2.24, 2.45) is 0 Å². The number of fused-ring (bicyclic) bond motifs is 1. The summed E-state index contributed by atoms with van der Waals surface area (Å²) in [6.45, 7) is 0. The van der Waals surface area contributed by atoms with Crippen molar-refractivity contribution < 1.29 is 4.74 Å². The van der Waals surface area contributed by atoms with Crippen LogP contribution in [0.2, 0.25) is 0 Å². The van der Waals surface area contributed by atoms with Gasteiger partial charge in [0.1, 0.15) is 5.75 Å². The van der Waals surface area contributed by atoms with E-state index in [2.05, 4.69) is 52.7 Å². The van der Waals surface area contributed by atoms with Crippen molar-refractivity contribution in [2.75, 3.05) is 13.0 Å². The van der Waals surface area contributed by atoms with Crippen molar-refractivity contribution in [2.45, 2.75) is 10.9 Å². The fourth-order valence-electron chi connectivity index (χ4n) is 2.90. The minimum atomic E-state index is 0.615. The summed E-state index contributed by atoms with van der Waals surface area (Å²) in [5.74, 6) is 8.38. The summed E-state index contributed by atoms with van der Waals surface area (Å²) < 4.78 is 6.80. The monoisotopic (exact) mass is 362 g/mol. The number of aromatic nitrogens is 3. The smallest absolute Gasteiger partial charge is 0.210 e. The number of ether oxygens (including phenoxy) is 1. The lowest BCUT2D eigenvalue weighted by Gasteiger charge is -2.07. The maximum Gasteiger partial charge on any atom is 0.210 e. The van der Waals surface area contributed by atoms with Crippen LogP contribution in [-0.4, -0.2) is 22.0 Å². The molecule has 5 nitrogen and oxygen atoms in total. The Labute approximate surface area is 155 Å². The fraction of sp³-hybridized carbons (Fsp3) is 0.100. The zero-order valence-corrected chi connectivity index (χ0v) is 15.1. The van der Waals surface area contributed by atoms with E-state index in [-0.39, 0.29) is 0 Å². The summed E-state index contributed by atoms with van der Waals surface area (Å²) in [5.41, 5.74) is 2.12. The summed E-state index contributed by atoms with van der Waals surface area (Å²) >= 11 is 1.57. The Kier molecular flexibility index (Phi) is 4.50. The maximum atomic E-state index is 6.23. The highest BCUT2D eigenvalue weighted by molar-refractivity contribution is 7.98. The van der Waals surface area contributed by atoms with E-state index in [0.717, 1.165) is 17.1 Å². The van der Waals surface area contributed by atoms with Crippen molar-refractivity contribution in [1.82, 2.24) is 14.9 Å². The SMILES string of the molecule is COc1cccc(-c2nnc(SCc3cccc4ccccc34)n2N)c1. The van der Waals surface area contributed by atoms with Gasteiger partial charge in [0.2, 0.25) is 5.16 Å². The van der Waals surface area contributed by atoms with Crippen molar-refractivity contribution in [1.29, 1.82) is 0 Å². The predicted molar refractivity (Wildman–Crippen MR) is 106 cm³/mol. The Morgan fingerprint density at radius 3 is 2.69 bits per heavy atom. The van der Waals surface area contributed by atoms with Gasteiger partial charge >= 0.3 is 0 Å². The Bertz CT molecular complexity index is 1060. The van der Waals surface area contributed by atoms with Crippen molar-refractivity contribution in [3.63, 3.8) is 0 Å². The molecular formula is C20H18N4OS. The summed E-state index contributed by atoms with van der Waals surface area (Å²) in [5, 5.41) is 11.7. The second-order valence-electron chi connectivity index (χ2n) is 5.84. The van der Waals surface area contributed by atoms with Gasteiger partial charge in [-0.05, 0) is 28.5 Å². The fourth-order valence-corrected chi connectivity index (χ4v) is 3.76. The summed E-state index contributed by atoms with van der Waals surface area (Å²) in [6, 6.07) is 22.3. The predicted octanol–water partition coefficient (Wildman–Crippen LogP) is 4.11. The first-order valence-electron chi connectivity index (χ1n) is 8.20. The molecule has 0 amide bonds. The molecule has 6 heteroatoms. The van der Waals surface area contributed by atoms with E-state index >= 15 is 0 Å². The highest BCUT2D eigenvalue weighted by Crippen LogP contribution is 2.28. The normalized spacial score (nSPS) is 11.0. The van der Waals surface area contributed by atoms with E-state index in [1.807, 2.05) is 24.3 Å². The number of rotatable bonds is 5. The second-order valence-corrected chi connectivity index (χ2v) is 6.78. The van der Waals surface area contributed by atoms with Crippen molar-refractivity contribution >= 4 is 22.5 Å². The summed E-state index contributed by atoms with van der Waals surface area (Å²) in [6.07, 6.45) is 0. The topological polar surface area (TPSA) is 66.0 Å². The molecule has 1 heterocycles. The molecule has 0 aliphatic carbocycles. The average Bonchev–Trinajstić information content (AvgIpc) is 3.07. The Hall–Kier alpha value is -2.99. The number of nitrogens with zero attached hydrogens (tertiary/aromatic N) is 3. The molecule has 0 atom stereocenters. The lowest BCUT2D eigenvalue weighted by atomic mass is 10.1. The molecule has 26 heavy (non-hydrogen) atoms. The average molecular weight is 362 g/mol. The largest absolute Gasteiger partial charge is 0.497 e. The van der Waals surface area contributed by atoms with Crippen LogP contribution < -0.4 is 10.6 Å². The molecule has 4 aromatic rings. The number of hydrogen-bond acceptors (Lipinski definition) is 5. The van der Waals surface area contributed by atoms with Crippen LogP contribution >= 0.6 is 11.8 Å². The van der Waals surface area contributed by atoms with Gasteiger partial charge in [-0.1, -0.05) is 66.4 Å². The van der Waals surface area contributed by atoms with Gasteiger partial charge in [-0.25, -0.2) is 4.68 Å². The molecule has 0 radical (unpaired) electrons. The Morgan fingerprint density at radius 2 is 1.81 bits per heavy atom. The first-order valence-corrected chi connectivity index (χ1v) is 9.19. The first kappa shape index (κ1) is 16.5. The van der Waals surface area contributed by atoms with Crippen LogP contribution in [0, 0.1) is 0 Å². The van der Waals surface area contributed by atoms with Crippen LogP contribution in [0.5, 0.6) is 5.75 Å². The molecule has 0 fully saturated rings. The van der Waals surface area contributed by atoms with Crippen LogP contribution in [0.15, 0.2) is 71.9 Å². The number of nitrogen functional groups attached to an aromatic ring is 1. The molecule has 0 spiro atoms. The maximum absolute atomic E-state index is 6.23. The van der Waals surface area contributed by atoms with Crippen LogP contribution in [-0.2, 0) is 5.75 Å². The van der Waals surface area contributed by atoms with E-state index in [9.17, 15) is 0 Å². The number of methoxy groups -OCH3 is 1. The van der Waals surface area contributed by atoms with Crippen molar-refractivity contribution in [3.8, 4) is 17.1 Å². The molecule has 0 aliphatic heterocycles. The molecule has 4 rings (SSSR count). The lowest BCUT2D eigenvalue weighted by molar-refractivity contribution is 0.415. The second kappa shape index (κ2) is 7.09. The minimum absolute atomic E-state index is 0.615. The highest BCUT2D eigenvalue weighted by atomic mass is 32.2. The van der Waals surface area contributed by atoms with Gasteiger partial charge in [0.15, 0.2) is 5.82 Å². The molecule has 0 unspecified atom stereocenters. The highest BCUT2D eigenvalue weighted by Gasteiger charge is 2.13. The molecule has 0 saturated heterocycles. The van der Waals surface area contributed by atoms with Gasteiger partial charge in [0, 0.05) is 11.3 Å². The number of nitrogens with two attached hydrogens (primary N) is 1. The molecule has 3 aromatic carbocycles. The Morgan fingerprint density at radius 1 is 1.00 bits per heavy atom. The summed E-state index contributed by atoms with van der Waals surface area (Å²) in [4.78, 5) is 0. The van der Waals surface area contributed by atoms with Crippen LogP contribution in [0.4, 0.5) is 0 Å². The first-order chi connectivity index (χ1) is 12.8. The zero-order valence-electron chi connectivity index (χ0n) is 14.3. The quantitative estimate of drug-likeness (QED) is 0.427. The van der Waals surface area contributed by atoms with Gasteiger partial charge in [-0.15, -0.1) is 10.2 Å². The van der Waals surface area contributed by atoms with E-state index < -0.39 is 0 Å². The molecule has 1 aromatic heterocycles. The van der Waals surface area contributed by atoms with Crippen LogP contribution in [0.25, 0.3) is 22.2 Å². The van der Waals surface area contributed by atoms with E-state index in [0.29, 0.717) is 11.0 Å². The van der Waals surface area contributed by atoms with E-state index in [1.54, 1.807) is 18.9 Å². The molecule has 130 valence electrons. The van der Waals surface area contributed by atoms with Gasteiger partial charge in [-0.2, -0.15) is 0 Å². The number of benzene rings is 3. The van der Waals surface area contributed by atoms with Gasteiger partial charge in [-0.3, -0.25) is 0 Å². The third kappa shape index (κ3) is 3.11. The standard InChI is InChI=1S/C20H18N4OS/c1-25-17-10-5-8-15(12-17)19-22-23-20(24(19)21)26-13-16-9-4-7-14-6-2-3-11-18(14)16/h2-12H,13,21H2,1H3. The van der Waals surface area contributed by atoms with Gasteiger partial charge < -0.3 is 10.6 Å². The lowest BCUT2D eigenvalue weighted by Crippen LogP contribution is -2.11. The third-order valence-corrected chi connectivity index (χ3v) is 5.22. The number of thioether (sulfide) groups is 1. The minimum Gasteiger partial charge on any atom is -0.497 e. The van der Waals surface area contributed by atoms with E-state index in [1.165, 1.54) is 21.0 Å². The Balaban J connectivity index is 1.59. The van der Waals surface area contributed by atoms with E-state index in [4.69, 9.17) is 10.6 Å². The van der Waals surface area contributed by atoms with Crippen LogP contribution in [0.1, 0.15) is 5.56 Å². The van der Waals surface area contributed by atoms with Crippen molar-refractivity contribution in [3.05, 3.63) is 72.3 Å². The van der Waals surface area contributed by atoms with Gasteiger partial charge in [0.05, 0.1) is 7.11 Å². The molecule has 0 aliphatic rings.